The molecule has 1 aliphatic heterocycles. The summed E-state index contributed by atoms with van der Waals surface area (Å²) in [6, 6.07) is 5.02. The molecular formula is C14H17NO3. The number of rotatable bonds is 4. The Labute approximate surface area is 106 Å². The van der Waals surface area contributed by atoms with Crippen molar-refractivity contribution in [2.75, 3.05) is 6.54 Å². The molecule has 1 aromatic rings. The highest BCUT2D eigenvalue weighted by atomic mass is 16.4. The number of carboxylic acids is 1. The SMILES string of the molecule is CC(C)CCN1Cc2cccc(C(=O)O)c2C1=O. The zero-order valence-electron chi connectivity index (χ0n) is 10.6. The Kier molecular flexibility index (Phi) is 3.36. The molecule has 1 aliphatic rings. The molecule has 0 fully saturated rings. The quantitative estimate of drug-likeness (QED) is 0.888. The highest BCUT2D eigenvalue weighted by Gasteiger charge is 2.31. The van der Waals surface area contributed by atoms with Crippen molar-refractivity contribution in [1.29, 1.82) is 0 Å². The van der Waals surface area contributed by atoms with Crippen molar-refractivity contribution >= 4 is 11.9 Å². The molecule has 0 radical (unpaired) electrons. The van der Waals surface area contributed by atoms with Gasteiger partial charge in [0, 0.05) is 13.1 Å². The van der Waals surface area contributed by atoms with E-state index in [9.17, 15) is 9.59 Å². The van der Waals surface area contributed by atoms with Crippen molar-refractivity contribution in [2.45, 2.75) is 26.8 Å². The molecule has 0 aliphatic carbocycles. The third kappa shape index (κ3) is 2.23. The molecule has 1 aromatic carbocycles. The summed E-state index contributed by atoms with van der Waals surface area (Å²) in [6.07, 6.45) is 0.933. The van der Waals surface area contributed by atoms with Gasteiger partial charge in [0.2, 0.25) is 0 Å². The number of hydrogen-bond donors (Lipinski definition) is 1. The molecule has 0 saturated heterocycles. The zero-order valence-corrected chi connectivity index (χ0v) is 10.6. The van der Waals surface area contributed by atoms with Gasteiger partial charge in [0.1, 0.15) is 0 Å². The Bertz CT molecular complexity index is 494. The molecule has 0 bridgehead atoms. The Morgan fingerprint density at radius 1 is 1.44 bits per heavy atom. The lowest BCUT2D eigenvalue weighted by molar-refractivity contribution is 0.0681. The van der Waals surface area contributed by atoms with E-state index in [1.54, 1.807) is 11.0 Å². The van der Waals surface area contributed by atoms with Crippen molar-refractivity contribution in [3.63, 3.8) is 0 Å². The second kappa shape index (κ2) is 4.80. The van der Waals surface area contributed by atoms with Crippen LogP contribution in [0.3, 0.4) is 0 Å². The van der Waals surface area contributed by atoms with E-state index < -0.39 is 5.97 Å². The fourth-order valence-electron chi connectivity index (χ4n) is 2.19. The summed E-state index contributed by atoms with van der Waals surface area (Å²) in [5.41, 5.74) is 1.31. The van der Waals surface area contributed by atoms with E-state index in [2.05, 4.69) is 13.8 Å². The molecule has 0 saturated carbocycles. The third-order valence-electron chi connectivity index (χ3n) is 3.22. The summed E-state index contributed by atoms with van der Waals surface area (Å²) >= 11 is 0. The van der Waals surface area contributed by atoms with E-state index in [4.69, 9.17) is 5.11 Å². The molecule has 4 nitrogen and oxygen atoms in total. The van der Waals surface area contributed by atoms with Gasteiger partial charge in [-0.3, -0.25) is 4.79 Å². The van der Waals surface area contributed by atoms with Crippen LogP contribution >= 0.6 is 0 Å². The number of benzene rings is 1. The molecule has 0 aromatic heterocycles. The van der Waals surface area contributed by atoms with Gasteiger partial charge in [0.05, 0.1) is 11.1 Å². The molecule has 0 unspecified atom stereocenters. The van der Waals surface area contributed by atoms with Crippen molar-refractivity contribution in [2.24, 2.45) is 5.92 Å². The smallest absolute Gasteiger partial charge is 0.336 e. The van der Waals surface area contributed by atoms with Gasteiger partial charge in [0.15, 0.2) is 0 Å². The molecule has 4 heteroatoms. The van der Waals surface area contributed by atoms with Crippen molar-refractivity contribution < 1.29 is 14.7 Å². The van der Waals surface area contributed by atoms with Gasteiger partial charge in [-0.25, -0.2) is 4.79 Å². The van der Waals surface area contributed by atoms with Crippen LogP contribution in [-0.2, 0) is 6.54 Å². The Morgan fingerprint density at radius 2 is 2.17 bits per heavy atom. The fourth-order valence-corrected chi connectivity index (χ4v) is 2.19. The van der Waals surface area contributed by atoms with Crippen LogP contribution in [-0.4, -0.2) is 28.4 Å². The number of nitrogens with zero attached hydrogens (tertiary/aromatic N) is 1. The number of hydrogen-bond acceptors (Lipinski definition) is 2. The van der Waals surface area contributed by atoms with Crippen molar-refractivity contribution in [3.05, 3.63) is 34.9 Å². The van der Waals surface area contributed by atoms with Gasteiger partial charge in [-0.2, -0.15) is 0 Å². The maximum atomic E-state index is 12.2. The molecule has 96 valence electrons. The zero-order chi connectivity index (χ0) is 13.3. The minimum absolute atomic E-state index is 0.115. The number of carbonyl (C=O) groups is 2. The summed E-state index contributed by atoms with van der Waals surface area (Å²) in [7, 11) is 0. The Morgan fingerprint density at radius 3 is 2.78 bits per heavy atom. The van der Waals surface area contributed by atoms with Gasteiger partial charge in [-0.15, -0.1) is 0 Å². The predicted molar refractivity (Wildman–Crippen MR) is 67.6 cm³/mol. The molecule has 2 rings (SSSR count). The van der Waals surface area contributed by atoms with Crippen LogP contribution in [0.5, 0.6) is 0 Å². The number of aromatic carboxylic acids is 1. The van der Waals surface area contributed by atoms with Crippen LogP contribution in [0.2, 0.25) is 0 Å². The predicted octanol–water partition coefficient (Wildman–Crippen LogP) is 2.39. The lowest BCUT2D eigenvalue weighted by atomic mass is 10.0. The van der Waals surface area contributed by atoms with E-state index in [1.807, 2.05) is 6.07 Å². The van der Waals surface area contributed by atoms with E-state index in [0.29, 0.717) is 24.6 Å². The maximum absolute atomic E-state index is 12.2. The van der Waals surface area contributed by atoms with Gasteiger partial charge in [-0.1, -0.05) is 26.0 Å². The molecule has 1 N–H and O–H groups in total. The standard InChI is InChI=1S/C14H17NO3/c1-9(2)6-7-15-8-10-4-3-5-11(14(17)18)12(10)13(15)16/h3-5,9H,6-8H2,1-2H3,(H,17,18). The van der Waals surface area contributed by atoms with Crippen LogP contribution in [0.1, 0.15) is 46.5 Å². The second-order valence-corrected chi connectivity index (χ2v) is 5.05. The second-order valence-electron chi connectivity index (χ2n) is 5.05. The van der Waals surface area contributed by atoms with Gasteiger partial charge in [-0.05, 0) is 24.0 Å². The Hall–Kier alpha value is -1.84. The van der Waals surface area contributed by atoms with Crippen LogP contribution in [0, 0.1) is 5.92 Å². The van der Waals surface area contributed by atoms with Crippen molar-refractivity contribution in [3.8, 4) is 0 Å². The molecule has 0 atom stereocenters. The number of amides is 1. The van der Waals surface area contributed by atoms with E-state index in [-0.39, 0.29) is 11.5 Å². The molecule has 1 amide bonds. The maximum Gasteiger partial charge on any atom is 0.336 e. The normalized spacial score (nSPS) is 14.2. The first kappa shape index (κ1) is 12.6. The fraction of sp³-hybridized carbons (Fsp3) is 0.429. The first-order valence-electron chi connectivity index (χ1n) is 6.15. The highest BCUT2D eigenvalue weighted by Crippen LogP contribution is 2.26. The van der Waals surface area contributed by atoms with Gasteiger partial charge in [0.25, 0.3) is 5.91 Å². The minimum Gasteiger partial charge on any atom is -0.478 e. The Balaban J connectivity index is 2.25. The molecule has 0 spiro atoms. The summed E-state index contributed by atoms with van der Waals surface area (Å²) in [5, 5.41) is 9.10. The lowest BCUT2D eigenvalue weighted by Crippen LogP contribution is -2.26. The highest BCUT2D eigenvalue weighted by molar-refractivity contribution is 6.07. The average Bonchev–Trinajstić information content (AvgIpc) is 2.63. The van der Waals surface area contributed by atoms with Crippen LogP contribution in [0.25, 0.3) is 0 Å². The molecular weight excluding hydrogens is 230 g/mol. The average molecular weight is 247 g/mol. The molecule has 1 heterocycles. The topological polar surface area (TPSA) is 57.6 Å². The van der Waals surface area contributed by atoms with Gasteiger partial charge < -0.3 is 10.0 Å². The van der Waals surface area contributed by atoms with Crippen LogP contribution < -0.4 is 0 Å². The lowest BCUT2D eigenvalue weighted by Gasteiger charge is -2.16. The first-order valence-corrected chi connectivity index (χ1v) is 6.15. The van der Waals surface area contributed by atoms with Crippen LogP contribution in [0.15, 0.2) is 18.2 Å². The monoisotopic (exact) mass is 247 g/mol. The number of fused-ring (bicyclic) bond motifs is 1. The number of carboxylic acid groups (broad SMARTS) is 1. The third-order valence-corrected chi connectivity index (χ3v) is 3.22. The molecule has 18 heavy (non-hydrogen) atoms. The van der Waals surface area contributed by atoms with E-state index in [0.717, 1.165) is 12.0 Å². The van der Waals surface area contributed by atoms with Crippen molar-refractivity contribution in [1.82, 2.24) is 4.90 Å². The van der Waals surface area contributed by atoms with E-state index in [1.165, 1.54) is 6.07 Å². The largest absolute Gasteiger partial charge is 0.478 e. The summed E-state index contributed by atoms with van der Waals surface area (Å²) in [5.74, 6) is -0.657. The summed E-state index contributed by atoms with van der Waals surface area (Å²) in [4.78, 5) is 25.0. The van der Waals surface area contributed by atoms with E-state index >= 15 is 0 Å². The first-order chi connectivity index (χ1) is 8.50. The van der Waals surface area contributed by atoms with Gasteiger partial charge >= 0.3 is 5.97 Å². The summed E-state index contributed by atoms with van der Waals surface area (Å²) in [6.45, 7) is 5.43. The minimum atomic E-state index is -1.04. The van der Waals surface area contributed by atoms with Crippen LogP contribution in [0.4, 0.5) is 0 Å². The summed E-state index contributed by atoms with van der Waals surface area (Å²) < 4.78 is 0. The number of carbonyl (C=O) groups excluding carboxylic acids is 1.